The van der Waals surface area contributed by atoms with Gasteiger partial charge in [-0.1, -0.05) is 27.4 Å². The molecule has 0 saturated heterocycles. The van der Waals surface area contributed by atoms with E-state index in [0.717, 1.165) is 40.0 Å². The van der Waals surface area contributed by atoms with Crippen LogP contribution < -0.4 is 4.74 Å². The zero-order valence-electron chi connectivity index (χ0n) is 21.7. The van der Waals surface area contributed by atoms with E-state index >= 15 is 0 Å². The number of carbonyl (C=O) groups is 1. The second-order valence-electron chi connectivity index (χ2n) is 8.00. The standard InChI is InChI=1S/C24H29N7O2.C2H6/c1-7-19-16(3)22(29(5)27-19)23(32)28(4)11-12-33-24-18(14-26-30(24)6)17-9-10-31-15-25-20(8-2)21(31)13-17;1-2/h8-10,13-15H,2,7,11-12H2,1,3-6H3;1-2H3. The number of hydrogen-bond acceptors (Lipinski definition) is 5. The molecule has 4 aromatic heterocycles. The van der Waals surface area contributed by atoms with Gasteiger partial charge in [-0.15, -0.1) is 0 Å². The average molecular weight is 478 g/mol. The zero-order valence-corrected chi connectivity index (χ0v) is 21.7. The number of hydrogen-bond donors (Lipinski definition) is 0. The van der Waals surface area contributed by atoms with Gasteiger partial charge in [-0.2, -0.15) is 10.2 Å². The van der Waals surface area contributed by atoms with Gasteiger partial charge in [-0.3, -0.25) is 9.48 Å². The monoisotopic (exact) mass is 477 g/mol. The van der Waals surface area contributed by atoms with Crippen LogP contribution >= 0.6 is 0 Å². The molecule has 0 radical (unpaired) electrons. The van der Waals surface area contributed by atoms with Crippen molar-refractivity contribution in [1.82, 2.24) is 33.8 Å². The Labute approximate surface area is 206 Å². The number of imidazole rings is 1. The summed E-state index contributed by atoms with van der Waals surface area (Å²) in [6, 6.07) is 4.04. The summed E-state index contributed by atoms with van der Waals surface area (Å²) in [6.07, 6.45) is 8.03. The van der Waals surface area contributed by atoms with Crippen LogP contribution in [0, 0.1) is 6.92 Å². The van der Waals surface area contributed by atoms with E-state index in [0.29, 0.717) is 24.7 Å². The molecule has 1 amide bonds. The van der Waals surface area contributed by atoms with Crippen LogP contribution in [0.25, 0.3) is 22.7 Å². The van der Waals surface area contributed by atoms with Gasteiger partial charge < -0.3 is 14.0 Å². The molecule has 0 atom stereocenters. The van der Waals surface area contributed by atoms with Gasteiger partial charge >= 0.3 is 0 Å². The smallest absolute Gasteiger partial charge is 0.272 e. The lowest BCUT2D eigenvalue weighted by Gasteiger charge is -2.18. The van der Waals surface area contributed by atoms with Crippen molar-refractivity contribution in [2.24, 2.45) is 14.1 Å². The molecule has 0 aliphatic rings. The first-order valence-corrected chi connectivity index (χ1v) is 11.9. The van der Waals surface area contributed by atoms with Crippen LogP contribution in [0.3, 0.4) is 0 Å². The Morgan fingerprint density at radius 2 is 2.00 bits per heavy atom. The maximum absolute atomic E-state index is 13.0. The molecule has 0 spiro atoms. The molecule has 0 unspecified atom stereocenters. The lowest BCUT2D eigenvalue weighted by atomic mass is 10.1. The van der Waals surface area contributed by atoms with E-state index in [2.05, 4.69) is 21.8 Å². The normalized spacial score (nSPS) is 10.7. The highest BCUT2D eigenvalue weighted by Crippen LogP contribution is 2.31. The van der Waals surface area contributed by atoms with Gasteiger partial charge in [0.2, 0.25) is 5.88 Å². The maximum atomic E-state index is 13.0. The Morgan fingerprint density at radius 3 is 2.66 bits per heavy atom. The van der Waals surface area contributed by atoms with E-state index < -0.39 is 0 Å². The van der Waals surface area contributed by atoms with E-state index in [1.807, 2.05) is 57.5 Å². The fourth-order valence-corrected chi connectivity index (χ4v) is 4.01. The van der Waals surface area contributed by atoms with Crippen molar-refractivity contribution in [3.63, 3.8) is 0 Å². The maximum Gasteiger partial charge on any atom is 0.272 e. The van der Waals surface area contributed by atoms with E-state index in [1.165, 1.54) is 0 Å². The number of fused-ring (bicyclic) bond motifs is 1. The molecule has 0 fully saturated rings. The first-order valence-electron chi connectivity index (χ1n) is 11.9. The van der Waals surface area contributed by atoms with Gasteiger partial charge in [-0.05, 0) is 37.1 Å². The number of nitrogens with zero attached hydrogens (tertiary/aromatic N) is 7. The predicted octanol–water partition coefficient (Wildman–Crippen LogP) is 4.16. The van der Waals surface area contributed by atoms with Crippen molar-refractivity contribution in [3.05, 3.63) is 60.1 Å². The summed E-state index contributed by atoms with van der Waals surface area (Å²) in [5.41, 5.74) is 6.11. The molecule has 186 valence electrons. The molecule has 0 aromatic carbocycles. The Bertz CT molecular complexity index is 1330. The molecule has 0 aliphatic heterocycles. The molecular formula is C26H35N7O2. The molecule has 4 aromatic rings. The fourth-order valence-electron chi connectivity index (χ4n) is 4.01. The largest absolute Gasteiger partial charge is 0.476 e. The molecule has 4 rings (SSSR count). The number of carbonyl (C=O) groups excluding carboxylic acids is 1. The number of pyridine rings is 1. The Balaban J connectivity index is 0.00000167. The van der Waals surface area contributed by atoms with Crippen molar-refractivity contribution < 1.29 is 9.53 Å². The summed E-state index contributed by atoms with van der Waals surface area (Å²) in [5, 5.41) is 8.83. The highest BCUT2D eigenvalue weighted by Gasteiger charge is 2.22. The van der Waals surface area contributed by atoms with Gasteiger partial charge in [0.25, 0.3) is 5.91 Å². The van der Waals surface area contributed by atoms with E-state index in [4.69, 9.17) is 4.74 Å². The van der Waals surface area contributed by atoms with Crippen molar-refractivity contribution in [1.29, 1.82) is 0 Å². The molecule has 0 saturated carbocycles. The second-order valence-corrected chi connectivity index (χ2v) is 8.00. The third kappa shape index (κ3) is 4.99. The van der Waals surface area contributed by atoms with Gasteiger partial charge in [0.05, 0.1) is 41.5 Å². The van der Waals surface area contributed by atoms with Crippen LogP contribution in [0.15, 0.2) is 37.4 Å². The van der Waals surface area contributed by atoms with Crippen LogP contribution in [0.5, 0.6) is 5.88 Å². The van der Waals surface area contributed by atoms with E-state index in [1.54, 1.807) is 47.0 Å². The number of ether oxygens (including phenoxy) is 1. The number of rotatable bonds is 8. The van der Waals surface area contributed by atoms with Crippen LogP contribution in [0.4, 0.5) is 0 Å². The van der Waals surface area contributed by atoms with E-state index in [-0.39, 0.29) is 5.91 Å². The summed E-state index contributed by atoms with van der Waals surface area (Å²) in [7, 11) is 5.42. The summed E-state index contributed by atoms with van der Waals surface area (Å²) in [5.74, 6) is 0.573. The molecule has 9 heteroatoms. The number of likely N-dealkylation sites (N-methyl/N-ethyl adjacent to an activating group) is 1. The molecule has 0 N–H and O–H groups in total. The summed E-state index contributed by atoms with van der Waals surface area (Å²) >= 11 is 0. The number of aryl methyl sites for hydroxylation is 3. The molecule has 4 heterocycles. The number of amides is 1. The van der Waals surface area contributed by atoms with Crippen molar-refractivity contribution >= 4 is 17.5 Å². The quantitative estimate of drug-likeness (QED) is 0.381. The first kappa shape index (κ1) is 25.7. The Hall–Kier alpha value is -3.88. The van der Waals surface area contributed by atoms with Crippen molar-refractivity contribution in [2.75, 3.05) is 20.2 Å². The third-order valence-electron chi connectivity index (χ3n) is 5.89. The summed E-state index contributed by atoms with van der Waals surface area (Å²) < 4.78 is 11.4. The van der Waals surface area contributed by atoms with Gasteiger partial charge in [0, 0.05) is 32.9 Å². The minimum atomic E-state index is -0.0702. The zero-order chi connectivity index (χ0) is 25.7. The average Bonchev–Trinajstić information content (AvgIpc) is 3.54. The summed E-state index contributed by atoms with van der Waals surface area (Å²) in [6.45, 7) is 12.6. The minimum absolute atomic E-state index is 0.0702. The number of aromatic nitrogens is 6. The molecule has 0 aliphatic carbocycles. The van der Waals surface area contributed by atoms with Gasteiger partial charge in [0.15, 0.2) is 0 Å². The molecule has 9 nitrogen and oxygen atoms in total. The summed E-state index contributed by atoms with van der Waals surface area (Å²) in [4.78, 5) is 19.0. The van der Waals surface area contributed by atoms with Crippen LogP contribution in [0.2, 0.25) is 0 Å². The van der Waals surface area contributed by atoms with Gasteiger partial charge in [0.1, 0.15) is 12.3 Å². The fraction of sp³-hybridized carbons (Fsp3) is 0.385. The van der Waals surface area contributed by atoms with Crippen LogP contribution in [-0.2, 0) is 20.5 Å². The van der Waals surface area contributed by atoms with Crippen LogP contribution in [-0.4, -0.2) is 60.0 Å². The third-order valence-corrected chi connectivity index (χ3v) is 5.89. The lowest BCUT2D eigenvalue weighted by molar-refractivity contribution is 0.0760. The SMILES string of the molecule is C=Cc1ncn2ccc(-c3cnn(C)c3OCCN(C)C(=O)c3c(C)c(CC)nn3C)cc12.CC. The van der Waals surface area contributed by atoms with Gasteiger partial charge in [-0.25, -0.2) is 9.67 Å². The lowest BCUT2D eigenvalue weighted by Crippen LogP contribution is -2.32. The highest BCUT2D eigenvalue weighted by atomic mass is 16.5. The van der Waals surface area contributed by atoms with E-state index in [9.17, 15) is 4.79 Å². The molecule has 35 heavy (non-hydrogen) atoms. The van der Waals surface area contributed by atoms with Crippen molar-refractivity contribution in [2.45, 2.75) is 34.1 Å². The van der Waals surface area contributed by atoms with Crippen molar-refractivity contribution in [3.8, 4) is 17.0 Å². The molecule has 0 bridgehead atoms. The second kappa shape index (κ2) is 11.0. The molecular weight excluding hydrogens is 442 g/mol. The Kier molecular flexibility index (Phi) is 8.11. The predicted molar refractivity (Wildman–Crippen MR) is 139 cm³/mol. The van der Waals surface area contributed by atoms with Crippen LogP contribution in [0.1, 0.15) is 48.2 Å². The first-order chi connectivity index (χ1) is 16.8. The minimum Gasteiger partial charge on any atom is -0.476 e. The highest BCUT2D eigenvalue weighted by molar-refractivity contribution is 5.94. The Morgan fingerprint density at radius 1 is 1.26 bits per heavy atom. The topological polar surface area (TPSA) is 82.5 Å².